The van der Waals surface area contributed by atoms with Gasteiger partial charge in [-0.15, -0.1) is 0 Å². The van der Waals surface area contributed by atoms with E-state index in [-0.39, 0.29) is 23.3 Å². The van der Waals surface area contributed by atoms with Gasteiger partial charge in [-0.1, -0.05) is 38.4 Å². The average molecular weight is 254 g/mol. The third-order valence-corrected chi connectivity index (χ3v) is 4.76. The van der Waals surface area contributed by atoms with Gasteiger partial charge in [-0.05, 0) is 25.7 Å². The summed E-state index contributed by atoms with van der Waals surface area (Å²) in [7, 11) is 0. The maximum atomic E-state index is 12.3. The fourth-order valence-electron chi connectivity index (χ4n) is 3.20. The van der Waals surface area contributed by atoms with Crippen LogP contribution in [0.5, 0.6) is 0 Å². The first-order valence-corrected chi connectivity index (χ1v) is 7.04. The van der Waals surface area contributed by atoms with E-state index in [1.54, 1.807) is 0 Å². The molecule has 17 heavy (non-hydrogen) atoms. The van der Waals surface area contributed by atoms with Crippen molar-refractivity contribution in [3.63, 3.8) is 0 Å². The summed E-state index contributed by atoms with van der Waals surface area (Å²) in [6.07, 6.45) is 7.54. The van der Waals surface area contributed by atoms with E-state index in [2.05, 4.69) is 12.2 Å². The Morgan fingerprint density at radius 3 is 2.53 bits per heavy atom. The lowest BCUT2D eigenvalue weighted by atomic mass is 9.87. The lowest BCUT2D eigenvalue weighted by Gasteiger charge is -2.27. The molecule has 2 rings (SSSR count). The minimum atomic E-state index is -0.149. The first-order valence-electron chi connectivity index (χ1n) is 6.63. The van der Waals surface area contributed by atoms with E-state index in [9.17, 15) is 4.79 Å². The minimum absolute atomic E-state index is 0.149. The highest BCUT2D eigenvalue weighted by Gasteiger charge is 2.39. The van der Waals surface area contributed by atoms with Crippen LogP contribution in [0.15, 0.2) is 0 Å². The van der Waals surface area contributed by atoms with Gasteiger partial charge in [-0.2, -0.15) is 0 Å². The number of nitrogens with one attached hydrogen (secondary N) is 1. The quantitative estimate of drug-likeness (QED) is 0.759. The van der Waals surface area contributed by atoms with Crippen molar-refractivity contribution in [1.82, 2.24) is 5.32 Å². The lowest BCUT2D eigenvalue weighted by molar-refractivity contribution is -0.130. The van der Waals surface area contributed by atoms with Crippen molar-refractivity contribution in [3.8, 4) is 0 Å². The predicted molar refractivity (Wildman–Crippen MR) is 72.6 cm³/mol. The molecule has 2 aliphatic rings. The van der Waals surface area contributed by atoms with Gasteiger partial charge in [0.25, 0.3) is 0 Å². The van der Waals surface area contributed by atoms with Crippen molar-refractivity contribution >= 4 is 23.1 Å². The summed E-state index contributed by atoms with van der Waals surface area (Å²) in [5.41, 5.74) is 5.58. The Labute approximate surface area is 109 Å². The van der Waals surface area contributed by atoms with Crippen molar-refractivity contribution < 1.29 is 4.79 Å². The third kappa shape index (κ3) is 2.62. The van der Waals surface area contributed by atoms with Crippen molar-refractivity contribution in [3.05, 3.63) is 0 Å². The second-order valence-electron chi connectivity index (χ2n) is 5.79. The number of nitrogens with two attached hydrogens (primary N) is 1. The van der Waals surface area contributed by atoms with E-state index in [1.807, 2.05) is 0 Å². The SMILES string of the molecule is CC1(C(=O)NC2CCCC2C(N)=S)CCCC1. The van der Waals surface area contributed by atoms with Gasteiger partial charge in [0.05, 0.1) is 4.99 Å². The zero-order valence-corrected chi connectivity index (χ0v) is 11.3. The Hall–Kier alpha value is -0.640. The number of carbonyl (C=O) groups is 1. The van der Waals surface area contributed by atoms with E-state index in [0.717, 1.165) is 32.1 Å². The van der Waals surface area contributed by atoms with Gasteiger partial charge < -0.3 is 11.1 Å². The molecule has 0 spiro atoms. The Kier molecular flexibility index (Phi) is 3.71. The highest BCUT2D eigenvalue weighted by molar-refractivity contribution is 7.80. The molecule has 2 atom stereocenters. The number of hydrogen-bond acceptors (Lipinski definition) is 2. The minimum Gasteiger partial charge on any atom is -0.393 e. The molecule has 3 N–H and O–H groups in total. The summed E-state index contributed by atoms with van der Waals surface area (Å²) >= 11 is 5.07. The molecule has 2 aliphatic carbocycles. The van der Waals surface area contributed by atoms with Gasteiger partial charge in [0.1, 0.15) is 0 Å². The monoisotopic (exact) mass is 254 g/mol. The van der Waals surface area contributed by atoms with Crippen molar-refractivity contribution in [2.45, 2.75) is 57.9 Å². The molecule has 4 heteroatoms. The standard InChI is InChI=1S/C13H22N2OS/c1-13(7-2-3-8-13)12(16)15-10-6-4-5-9(10)11(14)17/h9-10H,2-8H2,1H3,(H2,14,17)(H,15,16). The number of hydrogen-bond donors (Lipinski definition) is 2. The van der Waals surface area contributed by atoms with Crippen LogP contribution >= 0.6 is 12.2 Å². The van der Waals surface area contributed by atoms with Crippen LogP contribution in [-0.4, -0.2) is 16.9 Å². The number of thiocarbonyl (C=S) groups is 1. The highest BCUT2D eigenvalue weighted by Crippen LogP contribution is 2.38. The number of rotatable bonds is 3. The van der Waals surface area contributed by atoms with Gasteiger partial charge in [0, 0.05) is 17.4 Å². The van der Waals surface area contributed by atoms with Crippen molar-refractivity contribution in [1.29, 1.82) is 0 Å². The predicted octanol–water partition coefficient (Wildman–Crippen LogP) is 2.14. The largest absolute Gasteiger partial charge is 0.393 e. The second-order valence-corrected chi connectivity index (χ2v) is 6.26. The van der Waals surface area contributed by atoms with Gasteiger partial charge in [-0.3, -0.25) is 4.79 Å². The molecule has 1 amide bonds. The van der Waals surface area contributed by atoms with Crippen LogP contribution < -0.4 is 11.1 Å². The smallest absolute Gasteiger partial charge is 0.226 e. The molecule has 0 radical (unpaired) electrons. The zero-order chi connectivity index (χ0) is 12.5. The lowest BCUT2D eigenvalue weighted by Crippen LogP contribution is -2.46. The first kappa shape index (κ1) is 12.8. The van der Waals surface area contributed by atoms with Crippen LogP contribution in [0.4, 0.5) is 0 Å². The van der Waals surface area contributed by atoms with E-state index in [0.29, 0.717) is 4.99 Å². The average Bonchev–Trinajstić information content (AvgIpc) is 2.87. The van der Waals surface area contributed by atoms with E-state index in [1.165, 1.54) is 12.8 Å². The number of carbonyl (C=O) groups excluding carboxylic acids is 1. The molecule has 0 aromatic heterocycles. The van der Waals surface area contributed by atoms with Crippen LogP contribution in [0.25, 0.3) is 0 Å². The van der Waals surface area contributed by atoms with E-state index < -0.39 is 0 Å². The summed E-state index contributed by atoms with van der Waals surface area (Å²) in [4.78, 5) is 12.9. The van der Waals surface area contributed by atoms with Crippen LogP contribution in [-0.2, 0) is 4.79 Å². The number of amides is 1. The summed E-state index contributed by atoms with van der Waals surface area (Å²) in [5.74, 6) is 0.419. The summed E-state index contributed by atoms with van der Waals surface area (Å²) in [6, 6.07) is 0.178. The first-order chi connectivity index (χ1) is 8.03. The highest BCUT2D eigenvalue weighted by atomic mass is 32.1. The van der Waals surface area contributed by atoms with Crippen LogP contribution in [0.2, 0.25) is 0 Å². The molecule has 0 heterocycles. The fourth-order valence-corrected chi connectivity index (χ4v) is 3.48. The molecule has 96 valence electrons. The molecule has 0 saturated heterocycles. The molecule has 2 fully saturated rings. The van der Waals surface area contributed by atoms with Gasteiger partial charge >= 0.3 is 0 Å². The molecular formula is C13H22N2OS. The maximum Gasteiger partial charge on any atom is 0.226 e. The van der Waals surface area contributed by atoms with Crippen LogP contribution in [0.1, 0.15) is 51.9 Å². The molecule has 0 bridgehead atoms. The van der Waals surface area contributed by atoms with Gasteiger partial charge in [-0.25, -0.2) is 0 Å². The van der Waals surface area contributed by atoms with Crippen molar-refractivity contribution in [2.75, 3.05) is 0 Å². The molecular weight excluding hydrogens is 232 g/mol. The molecule has 0 aliphatic heterocycles. The third-order valence-electron chi connectivity index (χ3n) is 4.45. The second kappa shape index (κ2) is 4.92. The topological polar surface area (TPSA) is 55.1 Å². The van der Waals surface area contributed by atoms with Crippen LogP contribution in [0.3, 0.4) is 0 Å². The van der Waals surface area contributed by atoms with Gasteiger partial charge in [0.15, 0.2) is 0 Å². The maximum absolute atomic E-state index is 12.3. The molecule has 2 saturated carbocycles. The normalized spacial score (nSPS) is 31.4. The molecule has 3 nitrogen and oxygen atoms in total. The van der Waals surface area contributed by atoms with Gasteiger partial charge in [0.2, 0.25) is 5.91 Å². The van der Waals surface area contributed by atoms with E-state index >= 15 is 0 Å². The summed E-state index contributed by atoms with van der Waals surface area (Å²) in [6.45, 7) is 2.08. The Balaban J connectivity index is 1.96. The molecule has 2 unspecified atom stereocenters. The van der Waals surface area contributed by atoms with Crippen molar-refractivity contribution in [2.24, 2.45) is 17.1 Å². The fraction of sp³-hybridized carbons (Fsp3) is 0.846. The van der Waals surface area contributed by atoms with E-state index in [4.69, 9.17) is 18.0 Å². The molecule has 0 aromatic carbocycles. The Morgan fingerprint density at radius 2 is 1.94 bits per heavy atom. The van der Waals surface area contributed by atoms with Crippen LogP contribution in [0, 0.1) is 11.3 Å². The Morgan fingerprint density at radius 1 is 1.29 bits per heavy atom. The molecule has 0 aromatic rings. The zero-order valence-electron chi connectivity index (χ0n) is 10.5. The summed E-state index contributed by atoms with van der Waals surface area (Å²) < 4.78 is 0. The Bertz CT molecular complexity index is 323. The summed E-state index contributed by atoms with van der Waals surface area (Å²) in [5, 5.41) is 3.19.